The largest absolute Gasteiger partial charge is 0.467 e. The highest BCUT2D eigenvalue weighted by Crippen LogP contribution is 2.34. The van der Waals surface area contributed by atoms with Gasteiger partial charge in [-0.1, -0.05) is 17.7 Å². The highest BCUT2D eigenvalue weighted by molar-refractivity contribution is 5.70. The molecule has 2 N–H and O–H groups in total. The van der Waals surface area contributed by atoms with E-state index in [-0.39, 0.29) is 17.3 Å². The molecule has 0 saturated carbocycles. The lowest BCUT2D eigenvalue weighted by molar-refractivity contribution is 0.217. The Kier molecular flexibility index (Phi) is 4.56. The molecule has 0 radical (unpaired) electrons. The molecule has 33 heavy (non-hydrogen) atoms. The molecule has 0 spiro atoms. The Hall–Kier alpha value is -4.39. The molecule has 5 rings (SSSR count). The Morgan fingerprint density at radius 2 is 2.06 bits per heavy atom. The zero-order valence-corrected chi connectivity index (χ0v) is 18.7. The molecular weight excluding hydrogens is 420 g/mol. The van der Waals surface area contributed by atoms with Crippen molar-refractivity contribution in [3.05, 3.63) is 69.0 Å². The van der Waals surface area contributed by atoms with Crippen LogP contribution in [-0.2, 0) is 20.5 Å². The van der Waals surface area contributed by atoms with Crippen LogP contribution in [0.2, 0.25) is 0 Å². The van der Waals surface area contributed by atoms with Crippen LogP contribution in [0.25, 0.3) is 16.9 Å². The maximum atomic E-state index is 12.7. The molecule has 4 heterocycles. The quantitative estimate of drug-likeness (QED) is 0.442. The Labute approximate surface area is 189 Å². The van der Waals surface area contributed by atoms with Crippen LogP contribution in [0, 0.1) is 18.3 Å². The molecule has 0 aliphatic carbocycles. The third-order valence-corrected chi connectivity index (χ3v) is 5.92. The van der Waals surface area contributed by atoms with Gasteiger partial charge in [0.05, 0.1) is 34.5 Å². The summed E-state index contributed by atoms with van der Waals surface area (Å²) in [5, 5.41) is 14.4. The Morgan fingerprint density at radius 1 is 1.27 bits per heavy atom. The highest BCUT2D eigenvalue weighted by Gasteiger charge is 2.26. The van der Waals surface area contributed by atoms with Gasteiger partial charge in [0.2, 0.25) is 0 Å². The predicted molar refractivity (Wildman–Crippen MR) is 121 cm³/mol. The molecule has 166 valence electrons. The van der Waals surface area contributed by atoms with Gasteiger partial charge in [0.1, 0.15) is 17.9 Å². The van der Waals surface area contributed by atoms with Crippen molar-refractivity contribution in [3.63, 3.8) is 0 Å². The summed E-state index contributed by atoms with van der Waals surface area (Å²) in [6.45, 7) is 3.90. The van der Waals surface area contributed by atoms with Crippen molar-refractivity contribution in [2.24, 2.45) is 14.1 Å². The summed E-state index contributed by atoms with van der Waals surface area (Å²) in [4.78, 5) is 21.6. The van der Waals surface area contributed by atoms with Gasteiger partial charge in [0.15, 0.2) is 5.82 Å². The average Bonchev–Trinajstić information content (AvgIpc) is 3.24. The minimum absolute atomic E-state index is 0.148. The Bertz CT molecular complexity index is 1520. The SMILES string of the molecule is Cc1ccc2c(c1)[C@@H](C)Oc1nc(cnc1N)-c1c(nn(C)c1C#N)Cc1cc(=O)n(C)n1-2. The van der Waals surface area contributed by atoms with E-state index in [0.29, 0.717) is 29.1 Å². The maximum Gasteiger partial charge on any atom is 0.266 e. The first kappa shape index (κ1) is 20.5. The van der Waals surface area contributed by atoms with Crippen LogP contribution < -0.4 is 16.0 Å². The summed E-state index contributed by atoms with van der Waals surface area (Å²) in [6.07, 6.45) is 1.38. The van der Waals surface area contributed by atoms with Crippen LogP contribution >= 0.6 is 0 Å². The van der Waals surface area contributed by atoms with E-state index in [1.165, 1.54) is 10.9 Å². The van der Waals surface area contributed by atoms with Crippen molar-refractivity contribution >= 4 is 5.82 Å². The number of nitriles is 1. The maximum absolute atomic E-state index is 12.7. The second-order valence-corrected chi connectivity index (χ2v) is 8.16. The summed E-state index contributed by atoms with van der Waals surface area (Å²) in [6, 6.07) is 9.76. The van der Waals surface area contributed by atoms with Gasteiger partial charge in [-0.3, -0.25) is 14.2 Å². The number of fused-ring (bicyclic) bond motifs is 7. The minimum atomic E-state index is -0.444. The lowest BCUT2D eigenvalue weighted by atomic mass is 10.0. The molecule has 4 aromatic rings. The van der Waals surface area contributed by atoms with E-state index in [1.54, 1.807) is 24.8 Å². The van der Waals surface area contributed by atoms with E-state index in [4.69, 9.17) is 10.5 Å². The molecule has 1 aliphatic heterocycles. The summed E-state index contributed by atoms with van der Waals surface area (Å²) >= 11 is 0. The van der Waals surface area contributed by atoms with Crippen molar-refractivity contribution < 1.29 is 4.74 Å². The van der Waals surface area contributed by atoms with Crippen LogP contribution in [-0.4, -0.2) is 29.1 Å². The molecule has 1 atom stereocenters. The van der Waals surface area contributed by atoms with Gasteiger partial charge in [0.25, 0.3) is 11.4 Å². The van der Waals surface area contributed by atoms with Crippen molar-refractivity contribution in [1.82, 2.24) is 29.1 Å². The number of aromatic nitrogens is 6. The predicted octanol–water partition coefficient (Wildman–Crippen LogP) is 2.17. The zero-order valence-electron chi connectivity index (χ0n) is 18.7. The van der Waals surface area contributed by atoms with Gasteiger partial charge in [-0.05, 0) is 19.9 Å². The number of nitrogens with two attached hydrogens (primary N) is 1. The van der Waals surface area contributed by atoms with Crippen molar-refractivity contribution in [2.75, 3.05) is 5.73 Å². The molecule has 0 fully saturated rings. The van der Waals surface area contributed by atoms with Crippen LogP contribution in [0.3, 0.4) is 0 Å². The topological polar surface area (TPSA) is 130 Å². The smallest absolute Gasteiger partial charge is 0.266 e. The minimum Gasteiger partial charge on any atom is -0.467 e. The van der Waals surface area contributed by atoms with Crippen LogP contribution in [0.15, 0.2) is 35.3 Å². The molecule has 1 aromatic carbocycles. The van der Waals surface area contributed by atoms with Gasteiger partial charge in [0, 0.05) is 32.1 Å². The molecule has 3 aromatic heterocycles. The first-order chi connectivity index (χ1) is 15.8. The molecule has 0 unspecified atom stereocenters. The second-order valence-electron chi connectivity index (χ2n) is 8.16. The van der Waals surface area contributed by atoms with Gasteiger partial charge < -0.3 is 10.5 Å². The third-order valence-electron chi connectivity index (χ3n) is 5.92. The number of nitrogen functional groups attached to an aromatic ring is 1. The number of hydrogen-bond donors (Lipinski definition) is 1. The van der Waals surface area contributed by atoms with Gasteiger partial charge in [-0.15, -0.1) is 0 Å². The van der Waals surface area contributed by atoms with Crippen LogP contribution in [0.5, 0.6) is 5.88 Å². The molecule has 1 aliphatic rings. The standard InChI is InChI=1S/C23H22N8O2/c1-12-5-6-18-15(7-12)13(2)33-23-22(25)26-11-17(27-23)21-16(28-29(3)19(21)10-24)8-14-9-20(32)30(4)31(14)18/h5-7,9,11,13H,8H2,1-4H3,(H2,25,26)/t13-/m1/s1. The average molecular weight is 442 g/mol. The molecule has 2 bridgehead atoms. The molecule has 0 amide bonds. The van der Waals surface area contributed by atoms with E-state index in [2.05, 4.69) is 21.1 Å². The second kappa shape index (κ2) is 7.34. The van der Waals surface area contributed by atoms with Crippen LogP contribution in [0.4, 0.5) is 5.82 Å². The van der Waals surface area contributed by atoms with Crippen LogP contribution in [0.1, 0.15) is 41.2 Å². The summed E-state index contributed by atoms with van der Waals surface area (Å²) in [7, 11) is 3.42. The monoisotopic (exact) mass is 442 g/mol. The summed E-state index contributed by atoms with van der Waals surface area (Å²) in [5.41, 5.74) is 11.3. The molecule has 10 nitrogen and oxygen atoms in total. The van der Waals surface area contributed by atoms with E-state index < -0.39 is 6.10 Å². The fourth-order valence-electron chi connectivity index (χ4n) is 4.31. The van der Waals surface area contributed by atoms with Crippen molar-refractivity contribution in [2.45, 2.75) is 26.4 Å². The highest BCUT2D eigenvalue weighted by atomic mass is 16.5. The molecule has 10 heteroatoms. The Morgan fingerprint density at radius 3 is 2.82 bits per heavy atom. The lowest BCUT2D eigenvalue weighted by Crippen LogP contribution is -2.21. The first-order valence-corrected chi connectivity index (χ1v) is 10.4. The number of aryl methyl sites for hydroxylation is 2. The fraction of sp³-hybridized carbons (Fsp3) is 0.261. The molecular formula is C23H22N8O2. The summed E-state index contributed by atoms with van der Waals surface area (Å²) < 4.78 is 11.1. The van der Waals surface area contributed by atoms with Crippen molar-refractivity contribution in [3.8, 4) is 28.9 Å². The number of anilines is 1. The number of ether oxygens (including phenoxy) is 1. The fourth-order valence-corrected chi connectivity index (χ4v) is 4.31. The number of benzene rings is 1. The Balaban J connectivity index is 1.88. The van der Waals surface area contributed by atoms with Gasteiger partial charge in [-0.2, -0.15) is 10.4 Å². The summed E-state index contributed by atoms with van der Waals surface area (Å²) in [5.74, 6) is 0.322. The third kappa shape index (κ3) is 3.17. The van der Waals surface area contributed by atoms with Crippen molar-refractivity contribution in [1.29, 1.82) is 5.26 Å². The van der Waals surface area contributed by atoms with Gasteiger partial charge in [-0.25, -0.2) is 14.6 Å². The van der Waals surface area contributed by atoms with E-state index in [1.807, 2.05) is 36.7 Å². The zero-order chi connectivity index (χ0) is 23.4. The lowest BCUT2D eigenvalue weighted by Gasteiger charge is -2.22. The number of hydrogen-bond acceptors (Lipinski definition) is 7. The molecule has 0 saturated heterocycles. The van der Waals surface area contributed by atoms with Gasteiger partial charge >= 0.3 is 0 Å². The number of nitrogens with zero attached hydrogens (tertiary/aromatic N) is 7. The first-order valence-electron chi connectivity index (χ1n) is 10.4. The number of rotatable bonds is 0. The van der Waals surface area contributed by atoms with E-state index >= 15 is 0 Å². The van der Waals surface area contributed by atoms with E-state index in [0.717, 1.165) is 22.5 Å². The van der Waals surface area contributed by atoms with E-state index in [9.17, 15) is 10.1 Å². The normalized spacial score (nSPS) is 14.7.